The van der Waals surface area contributed by atoms with Crippen LogP contribution in [0.2, 0.25) is 0 Å². The molecule has 0 aliphatic carbocycles. The molecule has 0 spiro atoms. The van der Waals surface area contributed by atoms with Crippen LogP contribution in [-0.4, -0.2) is 26.1 Å². The van der Waals surface area contributed by atoms with Crippen LogP contribution in [-0.2, 0) is 11.3 Å². The molecule has 0 saturated heterocycles. The number of carbonyl (C=O) groups is 1. The lowest BCUT2D eigenvalue weighted by Gasteiger charge is -2.10. The van der Waals surface area contributed by atoms with E-state index in [-0.39, 0.29) is 18.9 Å². The number of rotatable bonds is 7. The van der Waals surface area contributed by atoms with E-state index in [1.54, 1.807) is 0 Å². The predicted octanol–water partition coefficient (Wildman–Crippen LogP) is 1.59. The Kier molecular flexibility index (Phi) is 6.21. The van der Waals surface area contributed by atoms with Crippen molar-refractivity contribution < 1.29 is 18.3 Å². The molecule has 0 aromatic heterocycles. The minimum atomic E-state index is -0.759. The summed E-state index contributed by atoms with van der Waals surface area (Å²) in [6, 6.07) is 2.45. The lowest BCUT2D eigenvalue weighted by molar-refractivity contribution is -0.121. The van der Waals surface area contributed by atoms with Crippen LogP contribution >= 0.6 is 0 Å². The van der Waals surface area contributed by atoms with Gasteiger partial charge in [-0.25, -0.2) is 8.78 Å². The molecule has 106 valence electrons. The first-order valence-corrected chi connectivity index (χ1v) is 6.10. The van der Waals surface area contributed by atoms with Crippen LogP contribution in [0.4, 0.5) is 8.78 Å². The Labute approximate surface area is 111 Å². The lowest BCUT2D eigenvalue weighted by Crippen LogP contribution is -2.20. The molecule has 1 amide bonds. The minimum absolute atomic E-state index is 0.0501. The normalized spacial score (nSPS) is 10.3. The van der Waals surface area contributed by atoms with Crippen LogP contribution in [0.1, 0.15) is 18.9 Å². The average Bonchev–Trinajstić information content (AvgIpc) is 2.39. The fraction of sp³-hybridized carbons (Fsp3) is 0.462. The third-order valence-electron chi connectivity index (χ3n) is 2.49. The molecular weight excluding hydrogens is 254 g/mol. The quantitative estimate of drug-likeness (QED) is 0.792. The molecule has 0 heterocycles. The van der Waals surface area contributed by atoms with Gasteiger partial charge in [-0.05, 0) is 24.2 Å². The first-order chi connectivity index (χ1) is 9.08. The summed E-state index contributed by atoms with van der Waals surface area (Å²) in [5.74, 6) is -2.21. The number of carbonyl (C=O) groups excluding carboxylic acids is 1. The molecule has 1 aromatic carbocycles. The van der Waals surface area contributed by atoms with Crippen molar-refractivity contribution in [1.82, 2.24) is 10.6 Å². The summed E-state index contributed by atoms with van der Waals surface area (Å²) in [4.78, 5) is 11.0. The molecule has 4 nitrogen and oxygen atoms in total. The predicted molar refractivity (Wildman–Crippen MR) is 67.9 cm³/mol. The van der Waals surface area contributed by atoms with E-state index in [1.807, 2.05) is 6.92 Å². The van der Waals surface area contributed by atoms with E-state index < -0.39 is 17.4 Å². The number of hydrogen-bond donors (Lipinski definition) is 2. The van der Waals surface area contributed by atoms with Gasteiger partial charge in [0.25, 0.3) is 0 Å². The SMILES string of the molecule is CCNCc1cc(F)c(OCCC(=O)NC)c(F)c1. The third-order valence-corrected chi connectivity index (χ3v) is 2.49. The molecule has 2 N–H and O–H groups in total. The highest BCUT2D eigenvalue weighted by Gasteiger charge is 2.13. The summed E-state index contributed by atoms with van der Waals surface area (Å²) in [6.07, 6.45) is 0.0501. The second-order valence-corrected chi connectivity index (χ2v) is 3.94. The minimum Gasteiger partial charge on any atom is -0.487 e. The molecule has 1 aromatic rings. The maximum atomic E-state index is 13.7. The van der Waals surface area contributed by atoms with Gasteiger partial charge < -0.3 is 15.4 Å². The van der Waals surface area contributed by atoms with Gasteiger partial charge in [-0.1, -0.05) is 6.92 Å². The Morgan fingerprint density at radius 2 is 1.95 bits per heavy atom. The lowest BCUT2D eigenvalue weighted by atomic mass is 10.2. The first-order valence-electron chi connectivity index (χ1n) is 6.10. The van der Waals surface area contributed by atoms with Crippen LogP contribution in [0.3, 0.4) is 0 Å². The third kappa shape index (κ3) is 4.82. The molecule has 0 fully saturated rings. The zero-order valence-electron chi connectivity index (χ0n) is 11.1. The fourth-order valence-electron chi connectivity index (χ4n) is 1.49. The smallest absolute Gasteiger partial charge is 0.223 e. The number of nitrogens with one attached hydrogen (secondary N) is 2. The summed E-state index contributed by atoms with van der Waals surface area (Å²) < 4.78 is 32.3. The van der Waals surface area contributed by atoms with E-state index in [4.69, 9.17) is 4.74 Å². The molecule has 0 unspecified atom stereocenters. The fourth-order valence-corrected chi connectivity index (χ4v) is 1.49. The van der Waals surface area contributed by atoms with E-state index in [9.17, 15) is 13.6 Å². The van der Waals surface area contributed by atoms with Gasteiger partial charge in [0.15, 0.2) is 17.4 Å². The molecule has 0 radical (unpaired) electrons. The van der Waals surface area contributed by atoms with E-state index in [2.05, 4.69) is 10.6 Å². The standard InChI is InChI=1S/C13H18F2N2O2/c1-3-17-8-9-6-10(14)13(11(15)7-9)19-5-4-12(18)16-2/h6-7,17H,3-5,8H2,1-2H3,(H,16,18). The van der Waals surface area contributed by atoms with Crippen LogP contribution < -0.4 is 15.4 Å². The number of halogens is 2. The molecule has 1 rings (SSSR count). The number of benzene rings is 1. The topological polar surface area (TPSA) is 50.4 Å². The van der Waals surface area contributed by atoms with Gasteiger partial charge in [0, 0.05) is 13.6 Å². The van der Waals surface area contributed by atoms with E-state index in [1.165, 1.54) is 19.2 Å². The largest absolute Gasteiger partial charge is 0.487 e. The van der Waals surface area contributed by atoms with Gasteiger partial charge >= 0.3 is 0 Å². The van der Waals surface area contributed by atoms with Crippen LogP contribution in [0.5, 0.6) is 5.75 Å². The molecule has 0 saturated carbocycles. The van der Waals surface area contributed by atoms with Crippen molar-refractivity contribution in [3.05, 3.63) is 29.3 Å². The molecule has 19 heavy (non-hydrogen) atoms. The summed E-state index contributed by atoms with van der Waals surface area (Å²) in [7, 11) is 1.49. The number of hydrogen-bond acceptors (Lipinski definition) is 3. The molecule has 0 atom stereocenters. The van der Waals surface area contributed by atoms with Gasteiger partial charge in [0.05, 0.1) is 13.0 Å². The van der Waals surface area contributed by atoms with Crippen LogP contribution in [0.25, 0.3) is 0 Å². The Bertz CT molecular complexity index is 416. The number of ether oxygens (including phenoxy) is 1. The second kappa shape index (κ2) is 7.68. The monoisotopic (exact) mass is 272 g/mol. The van der Waals surface area contributed by atoms with Crippen molar-refractivity contribution in [2.45, 2.75) is 19.9 Å². The Morgan fingerprint density at radius 3 is 2.47 bits per heavy atom. The Hall–Kier alpha value is -1.69. The van der Waals surface area contributed by atoms with E-state index >= 15 is 0 Å². The maximum absolute atomic E-state index is 13.7. The van der Waals surface area contributed by atoms with Crippen molar-refractivity contribution >= 4 is 5.91 Å². The summed E-state index contributed by atoms with van der Waals surface area (Å²) in [6.45, 7) is 2.94. The Morgan fingerprint density at radius 1 is 1.32 bits per heavy atom. The first kappa shape index (κ1) is 15.4. The van der Waals surface area contributed by atoms with Crippen molar-refractivity contribution in [3.8, 4) is 5.75 Å². The molecule has 0 bridgehead atoms. The van der Waals surface area contributed by atoms with Crippen LogP contribution in [0.15, 0.2) is 12.1 Å². The molecular formula is C13H18F2N2O2. The highest BCUT2D eigenvalue weighted by molar-refractivity contribution is 5.75. The number of amides is 1. The van der Waals surface area contributed by atoms with E-state index in [0.717, 1.165) is 0 Å². The summed E-state index contributed by atoms with van der Waals surface area (Å²) >= 11 is 0. The van der Waals surface area contributed by atoms with Crippen molar-refractivity contribution in [1.29, 1.82) is 0 Å². The van der Waals surface area contributed by atoms with Gasteiger partial charge in [-0.2, -0.15) is 0 Å². The zero-order chi connectivity index (χ0) is 14.3. The Balaban J connectivity index is 2.66. The zero-order valence-corrected chi connectivity index (χ0v) is 11.1. The molecule has 6 heteroatoms. The van der Waals surface area contributed by atoms with Crippen molar-refractivity contribution in [3.63, 3.8) is 0 Å². The van der Waals surface area contributed by atoms with E-state index in [0.29, 0.717) is 18.7 Å². The highest BCUT2D eigenvalue weighted by Crippen LogP contribution is 2.23. The second-order valence-electron chi connectivity index (χ2n) is 3.94. The summed E-state index contributed by atoms with van der Waals surface area (Å²) in [5.41, 5.74) is 0.510. The van der Waals surface area contributed by atoms with Crippen LogP contribution in [0, 0.1) is 11.6 Å². The van der Waals surface area contributed by atoms with Gasteiger partial charge in [-0.3, -0.25) is 4.79 Å². The van der Waals surface area contributed by atoms with Gasteiger partial charge in [-0.15, -0.1) is 0 Å². The highest BCUT2D eigenvalue weighted by atomic mass is 19.1. The van der Waals surface area contributed by atoms with Gasteiger partial charge in [0.2, 0.25) is 5.91 Å². The van der Waals surface area contributed by atoms with Gasteiger partial charge in [0.1, 0.15) is 0 Å². The summed E-state index contributed by atoms with van der Waals surface area (Å²) in [5, 5.41) is 5.38. The van der Waals surface area contributed by atoms with Crippen molar-refractivity contribution in [2.75, 3.05) is 20.2 Å². The maximum Gasteiger partial charge on any atom is 0.223 e. The van der Waals surface area contributed by atoms with Crippen molar-refractivity contribution in [2.24, 2.45) is 0 Å². The average molecular weight is 272 g/mol. The molecule has 0 aliphatic rings. The molecule has 0 aliphatic heterocycles.